The van der Waals surface area contributed by atoms with Gasteiger partial charge in [0.1, 0.15) is 0 Å². The summed E-state index contributed by atoms with van der Waals surface area (Å²) in [7, 11) is 1.63. The van der Waals surface area contributed by atoms with Gasteiger partial charge in [-0.2, -0.15) is 5.48 Å². The van der Waals surface area contributed by atoms with Crippen molar-refractivity contribution in [3.05, 3.63) is 12.7 Å². The molecule has 0 saturated carbocycles. The molecule has 3 heteroatoms. The van der Waals surface area contributed by atoms with Crippen molar-refractivity contribution in [2.24, 2.45) is 4.99 Å². The number of hydroxylamine groups is 1. The van der Waals surface area contributed by atoms with E-state index in [4.69, 9.17) is 0 Å². The quantitative estimate of drug-likeness (QED) is 0.188. The van der Waals surface area contributed by atoms with Crippen molar-refractivity contribution in [2.45, 2.75) is 0 Å². The molecule has 1 N–H and O–H groups in total. The van der Waals surface area contributed by atoms with Crippen LogP contribution < -0.4 is 5.48 Å². The van der Waals surface area contributed by atoms with Crippen LogP contribution in [-0.4, -0.2) is 20.0 Å². The predicted octanol–water partition coefficient (Wildman–Crippen LogP) is 0.352. The minimum atomic E-state index is 0.631. The SMILES string of the molecule is C=CCNOC=NC. The Labute approximate surface area is 49.0 Å². The Hall–Kier alpha value is -0.830. The molecule has 0 aromatic rings. The molecule has 0 aliphatic rings. The molecular weight excluding hydrogens is 104 g/mol. The molecule has 0 bridgehead atoms. The topological polar surface area (TPSA) is 33.6 Å². The monoisotopic (exact) mass is 114 g/mol. The zero-order chi connectivity index (χ0) is 6.24. The Morgan fingerprint density at radius 3 is 3.12 bits per heavy atom. The summed E-state index contributed by atoms with van der Waals surface area (Å²) in [6, 6.07) is 0. The summed E-state index contributed by atoms with van der Waals surface area (Å²) in [5.74, 6) is 0. The van der Waals surface area contributed by atoms with Gasteiger partial charge in [0.25, 0.3) is 0 Å². The van der Waals surface area contributed by atoms with Crippen LogP contribution in [-0.2, 0) is 4.84 Å². The van der Waals surface area contributed by atoms with E-state index >= 15 is 0 Å². The van der Waals surface area contributed by atoms with Gasteiger partial charge >= 0.3 is 0 Å². The first-order chi connectivity index (χ1) is 3.91. The van der Waals surface area contributed by atoms with Crippen molar-refractivity contribution < 1.29 is 4.84 Å². The van der Waals surface area contributed by atoms with Crippen LogP contribution in [0.1, 0.15) is 0 Å². The number of rotatable bonds is 4. The van der Waals surface area contributed by atoms with Gasteiger partial charge in [-0.15, -0.1) is 6.58 Å². The summed E-state index contributed by atoms with van der Waals surface area (Å²) in [6.07, 6.45) is 3.02. The van der Waals surface area contributed by atoms with Crippen LogP contribution in [0.5, 0.6) is 0 Å². The van der Waals surface area contributed by atoms with Crippen LogP contribution in [0.2, 0.25) is 0 Å². The third-order valence-electron chi connectivity index (χ3n) is 0.469. The standard InChI is InChI=1S/C5H10N2O/c1-3-4-7-8-5-6-2/h3,5,7H,1,4H2,2H3. The van der Waals surface area contributed by atoms with E-state index in [0.717, 1.165) is 0 Å². The summed E-state index contributed by atoms with van der Waals surface area (Å²) < 4.78 is 0. The second-order valence-corrected chi connectivity index (χ2v) is 1.12. The number of aliphatic imine (C=N–C) groups is 1. The molecule has 0 radical (unpaired) electrons. The van der Waals surface area contributed by atoms with Crippen molar-refractivity contribution in [2.75, 3.05) is 13.6 Å². The summed E-state index contributed by atoms with van der Waals surface area (Å²) in [4.78, 5) is 8.17. The molecule has 0 aromatic carbocycles. The average Bonchev–Trinajstić information content (AvgIpc) is 1.81. The fourth-order valence-corrected chi connectivity index (χ4v) is 0.197. The second-order valence-electron chi connectivity index (χ2n) is 1.12. The fourth-order valence-electron chi connectivity index (χ4n) is 0.197. The molecule has 0 amide bonds. The van der Waals surface area contributed by atoms with Crippen LogP contribution in [0.4, 0.5) is 0 Å². The van der Waals surface area contributed by atoms with Gasteiger partial charge in [0, 0.05) is 13.6 Å². The number of hydrogen-bond donors (Lipinski definition) is 1. The molecule has 0 atom stereocenters. The molecule has 0 heterocycles. The molecule has 0 aliphatic heterocycles. The first kappa shape index (κ1) is 7.17. The highest BCUT2D eigenvalue weighted by molar-refractivity contribution is 5.45. The van der Waals surface area contributed by atoms with Crippen LogP contribution >= 0.6 is 0 Å². The fraction of sp³-hybridized carbons (Fsp3) is 0.400. The molecule has 0 aromatic heterocycles. The molecule has 0 spiro atoms. The van der Waals surface area contributed by atoms with Crippen molar-refractivity contribution in [3.8, 4) is 0 Å². The molecule has 8 heavy (non-hydrogen) atoms. The zero-order valence-electron chi connectivity index (χ0n) is 4.92. The number of nitrogens with zero attached hydrogens (tertiary/aromatic N) is 1. The highest BCUT2D eigenvalue weighted by atomic mass is 16.6. The Balaban J connectivity index is 2.82. The lowest BCUT2D eigenvalue weighted by Crippen LogP contribution is -2.12. The zero-order valence-corrected chi connectivity index (χ0v) is 4.92. The first-order valence-corrected chi connectivity index (χ1v) is 2.32. The van der Waals surface area contributed by atoms with E-state index in [2.05, 4.69) is 21.9 Å². The van der Waals surface area contributed by atoms with Crippen LogP contribution in [0.3, 0.4) is 0 Å². The molecule has 0 unspecified atom stereocenters. The van der Waals surface area contributed by atoms with E-state index in [1.165, 1.54) is 6.40 Å². The lowest BCUT2D eigenvalue weighted by Gasteiger charge is -1.94. The summed E-state index contributed by atoms with van der Waals surface area (Å²) in [5.41, 5.74) is 2.57. The summed E-state index contributed by atoms with van der Waals surface area (Å²) in [5, 5.41) is 0. The van der Waals surface area contributed by atoms with Crippen molar-refractivity contribution in [1.29, 1.82) is 0 Å². The van der Waals surface area contributed by atoms with Crippen LogP contribution in [0, 0.1) is 0 Å². The Bertz CT molecular complexity index is 80.5. The molecule has 0 saturated heterocycles. The van der Waals surface area contributed by atoms with Gasteiger partial charge in [0.2, 0.25) is 0 Å². The van der Waals surface area contributed by atoms with Crippen LogP contribution in [0.15, 0.2) is 17.6 Å². The third kappa shape index (κ3) is 5.17. The number of nitrogens with one attached hydrogen (secondary N) is 1. The normalized spacial score (nSPS) is 9.62. The van der Waals surface area contributed by atoms with Gasteiger partial charge in [0.05, 0.1) is 0 Å². The minimum Gasteiger partial charge on any atom is -0.397 e. The van der Waals surface area contributed by atoms with Crippen molar-refractivity contribution in [1.82, 2.24) is 5.48 Å². The smallest absolute Gasteiger partial charge is 0.196 e. The van der Waals surface area contributed by atoms with Gasteiger partial charge in [-0.05, 0) is 0 Å². The van der Waals surface area contributed by atoms with Gasteiger partial charge < -0.3 is 4.84 Å². The molecule has 3 nitrogen and oxygen atoms in total. The van der Waals surface area contributed by atoms with E-state index in [1.807, 2.05) is 0 Å². The Morgan fingerprint density at radius 1 is 1.88 bits per heavy atom. The second kappa shape index (κ2) is 6.17. The largest absolute Gasteiger partial charge is 0.397 e. The molecule has 0 aliphatic carbocycles. The highest BCUT2D eigenvalue weighted by Gasteiger charge is 1.70. The van der Waals surface area contributed by atoms with E-state index in [1.54, 1.807) is 13.1 Å². The minimum absolute atomic E-state index is 0.631. The predicted molar refractivity (Wildman–Crippen MR) is 33.7 cm³/mol. The number of hydrogen-bond acceptors (Lipinski definition) is 3. The van der Waals surface area contributed by atoms with Crippen molar-refractivity contribution in [3.63, 3.8) is 0 Å². The van der Waals surface area contributed by atoms with Gasteiger partial charge in [-0.25, -0.2) is 0 Å². The van der Waals surface area contributed by atoms with Crippen molar-refractivity contribution >= 4 is 6.40 Å². The Morgan fingerprint density at radius 2 is 2.62 bits per heavy atom. The molecule has 0 rings (SSSR count). The lowest BCUT2D eigenvalue weighted by molar-refractivity contribution is 0.206. The first-order valence-electron chi connectivity index (χ1n) is 2.32. The highest BCUT2D eigenvalue weighted by Crippen LogP contribution is 1.59. The Kier molecular flexibility index (Phi) is 5.53. The molecule has 46 valence electrons. The van der Waals surface area contributed by atoms with E-state index in [0.29, 0.717) is 6.54 Å². The summed E-state index contributed by atoms with van der Waals surface area (Å²) >= 11 is 0. The van der Waals surface area contributed by atoms with Crippen LogP contribution in [0.25, 0.3) is 0 Å². The maximum absolute atomic E-state index is 4.61. The molecule has 0 fully saturated rings. The maximum Gasteiger partial charge on any atom is 0.196 e. The van der Waals surface area contributed by atoms with Gasteiger partial charge in [-0.3, -0.25) is 4.99 Å². The van der Waals surface area contributed by atoms with Gasteiger partial charge in [0.15, 0.2) is 6.40 Å². The van der Waals surface area contributed by atoms with E-state index in [9.17, 15) is 0 Å². The average molecular weight is 114 g/mol. The van der Waals surface area contributed by atoms with E-state index < -0.39 is 0 Å². The summed E-state index contributed by atoms with van der Waals surface area (Å²) in [6.45, 7) is 4.10. The molecular formula is C5H10N2O. The third-order valence-corrected chi connectivity index (χ3v) is 0.469. The maximum atomic E-state index is 4.61. The lowest BCUT2D eigenvalue weighted by atomic mass is 10.7. The van der Waals surface area contributed by atoms with E-state index in [-0.39, 0.29) is 0 Å². The van der Waals surface area contributed by atoms with Gasteiger partial charge in [-0.1, -0.05) is 6.08 Å².